The van der Waals surface area contributed by atoms with Crippen LogP contribution in [0, 0.1) is 6.92 Å². The van der Waals surface area contributed by atoms with Gasteiger partial charge in [-0.1, -0.05) is 55.8 Å². The van der Waals surface area contributed by atoms with Gasteiger partial charge >= 0.3 is 0 Å². The summed E-state index contributed by atoms with van der Waals surface area (Å²) in [6, 6.07) is 17.0. The molecule has 0 saturated heterocycles. The van der Waals surface area contributed by atoms with E-state index in [-0.39, 0.29) is 6.10 Å². The fourth-order valence-electron chi connectivity index (χ4n) is 2.22. The van der Waals surface area contributed by atoms with Crippen LogP contribution in [0.2, 0.25) is 0 Å². The Balaban J connectivity index is 2.04. The van der Waals surface area contributed by atoms with Crippen molar-refractivity contribution >= 4 is 0 Å². The van der Waals surface area contributed by atoms with Crippen LogP contribution in [-0.2, 0) is 0 Å². The minimum Gasteiger partial charge on any atom is -0.486 e. The fraction of sp³-hybridized carbons (Fsp3) is 0.368. The number of rotatable bonds is 5. The van der Waals surface area contributed by atoms with Crippen molar-refractivity contribution in [1.29, 1.82) is 0 Å². The molecule has 1 heteroatoms. The third kappa shape index (κ3) is 3.63. The van der Waals surface area contributed by atoms with E-state index in [0.717, 1.165) is 5.75 Å². The molecule has 2 aromatic rings. The molecule has 2 atom stereocenters. The second kappa shape index (κ2) is 6.60. The topological polar surface area (TPSA) is 9.23 Å². The largest absolute Gasteiger partial charge is 0.486 e. The van der Waals surface area contributed by atoms with Crippen molar-refractivity contribution in [1.82, 2.24) is 0 Å². The van der Waals surface area contributed by atoms with Gasteiger partial charge in [0.15, 0.2) is 0 Å². The van der Waals surface area contributed by atoms with Crippen LogP contribution in [0.1, 0.15) is 55.9 Å². The molecule has 0 amide bonds. The molecule has 0 saturated carbocycles. The van der Waals surface area contributed by atoms with E-state index in [1.54, 1.807) is 0 Å². The lowest BCUT2D eigenvalue weighted by atomic mass is 9.99. The summed E-state index contributed by atoms with van der Waals surface area (Å²) in [5, 5.41) is 0. The highest BCUT2D eigenvalue weighted by Crippen LogP contribution is 2.25. The molecule has 0 aliphatic heterocycles. The Morgan fingerprint density at radius 2 is 1.40 bits per heavy atom. The van der Waals surface area contributed by atoms with E-state index in [2.05, 4.69) is 76.2 Å². The Bertz CT molecular complexity index is 525. The summed E-state index contributed by atoms with van der Waals surface area (Å²) < 4.78 is 6.01. The molecule has 1 nitrogen and oxygen atoms in total. The minimum absolute atomic E-state index is 0.0741. The summed E-state index contributed by atoms with van der Waals surface area (Å²) in [5.41, 5.74) is 3.86. The van der Waals surface area contributed by atoms with Gasteiger partial charge in [0.05, 0.1) is 0 Å². The molecule has 0 fully saturated rings. The Morgan fingerprint density at radius 3 is 1.95 bits per heavy atom. The van der Waals surface area contributed by atoms with E-state index in [1.165, 1.54) is 23.1 Å². The normalized spacial score (nSPS) is 13.8. The zero-order valence-corrected chi connectivity index (χ0v) is 12.9. The first-order valence-electron chi connectivity index (χ1n) is 7.43. The molecule has 0 bridgehead atoms. The van der Waals surface area contributed by atoms with Crippen molar-refractivity contribution in [3.05, 3.63) is 65.2 Å². The first-order valence-corrected chi connectivity index (χ1v) is 7.43. The van der Waals surface area contributed by atoms with Gasteiger partial charge in [-0.3, -0.25) is 0 Å². The van der Waals surface area contributed by atoms with Gasteiger partial charge in [0, 0.05) is 0 Å². The van der Waals surface area contributed by atoms with Crippen LogP contribution in [0.5, 0.6) is 5.75 Å². The first-order chi connectivity index (χ1) is 9.60. The fourth-order valence-corrected chi connectivity index (χ4v) is 2.22. The van der Waals surface area contributed by atoms with Crippen molar-refractivity contribution in [2.24, 2.45) is 0 Å². The molecule has 2 rings (SSSR count). The lowest BCUT2D eigenvalue weighted by Crippen LogP contribution is -2.03. The highest BCUT2D eigenvalue weighted by Gasteiger charge is 2.08. The minimum atomic E-state index is 0.0741. The molecule has 0 aliphatic rings. The number of hydrogen-bond donors (Lipinski definition) is 0. The smallest absolute Gasteiger partial charge is 0.121 e. The molecule has 2 unspecified atom stereocenters. The highest BCUT2D eigenvalue weighted by molar-refractivity contribution is 5.30. The Hall–Kier alpha value is -1.76. The van der Waals surface area contributed by atoms with Gasteiger partial charge < -0.3 is 4.74 Å². The van der Waals surface area contributed by atoms with Gasteiger partial charge in [-0.15, -0.1) is 0 Å². The standard InChI is InChI=1S/C19H24O/c1-5-15(3)17-10-12-19(13-11-17)20-16(4)18-8-6-14(2)7-9-18/h6-13,15-16H,5H2,1-4H3. The maximum Gasteiger partial charge on any atom is 0.121 e. The molecule has 0 aromatic heterocycles. The molecule has 2 aromatic carbocycles. The predicted octanol–water partition coefficient (Wildman–Crippen LogP) is 5.65. The average Bonchev–Trinajstić information content (AvgIpc) is 2.48. The first kappa shape index (κ1) is 14.6. The quantitative estimate of drug-likeness (QED) is 0.681. The molecule has 0 spiro atoms. The third-order valence-corrected chi connectivity index (χ3v) is 3.92. The zero-order valence-electron chi connectivity index (χ0n) is 12.9. The Kier molecular flexibility index (Phi) is 4.84. The Morgan fingerprint density at radius 1 is 0.850 bits per heavy atom. The van der Waals surface area contributed by atoms with Crippen LogP contribution in [0.4, 0.5) is 0 Å². The maximum atomic E-state index is 6.01. The second-order valence-corrected chi connectivity index (χ2v) is 5.55. The van der Waals surface area contributed by atoms with E-state index < -0.39 is 0 Å². The monoisotopic (exact) mass is 268 g/mol. The number of benzene rings is 2. The maximum absolute atomic E-state index is 6.01. The summed E-state index contributed by atoms with van der Waals surface area (Å²) in [4.78, 5) is 0. The Labute approximate surface area is 122 Å². The van der Waals surface area contributed by atoms with E-state index in [1.807, 2.05) is 0 Å². The van der Waals surface area contributed by atoms with Crippen LogP contribution in [0.3, 0.4) is 0 Å². The van der Waals surface area contributed by atoms with E-state index in [9.17, 15) is 0 Å². The molecule has 0 aliphatic carbocycles. The molecule has 106 valence electrons. The zero-order chi connectivity index (χ0) is 14.5. The summed E-state index contributed by atoms with van der Waals surface area (Å²) in [7, 11) is 0. The summed E-state index contributed by atoms with van der Waals surface area (Å²) >= 11 is 0. The summed E-state index contributed by atoms with van der Waals surface area (Å²) in [5.74, 6) is 1.55. The predicted molar refractivity (Wildman–Crippen MR) is 85.4 cm³/mol. The molecule has 20 heavy (non-hydrogen) atoms. The van der Waals surface area contributed by atoms with Gasteiger partial charge in [0.2, 0.25) is 0 Å². The molecule has 0 N–H and O–H groups in total. The van der Waals surface area contributed by atoms with E-state index in [0.29, 0.717) is 5.92 Å². The lowest BCUT2D eigenvalue weighted by molar-refractivity contribution is 0.227. The van der Waals surface area contributed by atoms with Crippen LogP contribution in [0.15, 0.2) is 48.5 Å². The lowest BCUT2D eigenvalue weighted by Gasteiger charge is -2.16. The van der Waals surface area contributed by atoms with Gasteiger partial charge in [-0.05, 0) is 49.4 Å². The number of ether oxygens (including phenoxy) is 1. The number of hydrogen-bond acceptors (Lipinski definition) is 1. The van der Waals surface area contributed by atoms with Gasteiger partial charge in [-0.2, -0.15) is 0 Å². The van der Waals surface area contributed by atoms with Crippen molar-refractivity contribution in [3.8, 4) is 5.75 Å². The van der Waals surface area contributed by atoms with Crippen LogP contribution >= 0.6 is 0 Å². The SMILES string of the molecule is CCC(C)c1ccc(OC(C)c2ccc(C)cc2)cc1. The highest BCUT2D eigenvalue weighted by atomic mass is 16.5. The molecule has 0 heterocycles. The molecular weight excluding hydrogens is 244 g/mol. The summed E-state index contributed by atoms with van der Waals surface area (Å²) in [6.45, 7) is 8.66. The second-order valence-electron chi connectivity index (χ2n) is 5.55. The van der Waals surface area contributed by atoms with E-state index >= 15 is 0 Å². The van der Waals surface area contributed by atoms with Crippen LogP contribution in [-0.4, -0.2) is 0 Å². The average molecular weight is 268 g/mol. The van der Waals surface area contributed by atoms with Gasteiger partial charge in [0.1, 0.15) is 11.9 Å². The van der Waals surface area contributed by atoms with Crippen LogP contribution < -0.4 is 4.74 Å². The molecular formula is C19H24O. The number of aryl methyl sites for hydroxylation is 1. The van der Waals surface area contributed by atoms with Crippen molar-refractivity contribution in [2.75, 3.05) is 0 Å². The van der Waals surface area contributed by atoms with Crippen LogP contribution in [0.25, 0.3) is 0 Å². The molecule has 0 radical (unpaired) electrons. The van der Waals surface area contributed by atoms with Crippen molar-refractivity contribution in [3.63, 3.8) is 0 Å². The van der Waals surface area contributed by atoms with Crippen molar-refractivity contribution < 1.29 is 4.74 Å². The summed E-state index contributed by atoms with van der Waals surface area (Å²) in [6.07, 6.45) is 1.24. The van der Waals surface area contributed by atoms with E-state index in [4.69, 9.17) is 4.74 Å². The van der Waals surface area contributed by atoms with Gasteiger partial charge in [0.25, 0.3) is 0 Å². The third-order valence-electron chi connectivity index (χ3n) is 3.92. The van der Waals surface area contributed by atoms with Gasteiger partial charge in [-0.25, -0.2) is 0 Å². The van der Waals surface area contributed by atoms with Crippen molar-refractivity contribution in [2.45, 2.75) is 46.1 Å².